The topological polar surface area (TPSA) is 78.9 Å². The van der Waals surface area contributed by atoms with Crippen LogP contribution >= 0.6 is 0 Å². The van der Waals surface area contributed by atoms with Gasteiger partial charge >= 0.3 is 17.9 Å². The molecule has 0 aliphatic heterocycles. The quantitative estimate of drug-likeness (QED) is 0.0261. The molecule has 71 heavy (non-hydrogen) atoms. The van der Waals surface area contributed by atoms with Crippen LogP contribution in [0.4, 0.5) is 0 Å². The predicted molar refractivity (Wildman–Crippen MR) is 307 cm³/mol. The van der Waals surface area contributed by atoms with Gasteiger partial charge in [-0.1, -0.05) is 275 Å². The normalized spacial score (nSPS) is 12.3. The fourth-order valence-corrected chi connectivity index (χ4v) is 9.09. The van der Waals surface area contributed by atoms with Crippen LogP contribution in [0.3, 0.4) is 0 Å². The molecule has 0 aromatic heterocycles. The molecule has 6 heteroatoms. The van der Waals surface area contributed by atoms with E-state index in [1.165, 1.54) is 212 Å². The van der Waals surface area contributed by atoms with Crippen molar-refractivity contribution in [3.05, 3.63) is 48.6 Å². The summed E-state index contributed by atoms with van der Waals surface area (Å²) in [4.78, 5) is 38.2. The fourth-order valence-electron chi connectivity index (χ4n) is 9.09. The monoisotopic (exact) mass is 995 g/mol. The second-order valence-electron chi connectivity index (χ2n) is 21.0. The molecule has 0 heterocycles. The molecule has 0 aliphatic carbocycles. The third kappa shape index (κ3) is 58.1. The van der Waals surface area contributed by atoms with Crippen molar-refractivity contribution in [2.75, 3.05) is 13.2 Å². The molecule has 414 valence electrons. The van der Waals surface area contributed by atoms with Crippen LogP contribution in [0.25, 0.3) is 0 Å². The first-order valence-corrected chi connectivity index (χ1v) is 31.1. The van der Waals surface area contributed by atoms with Crippen LogP contribution in [0.2, 0.25) is 0 Å². The summed E-state index contributed by atoms with van der Waals surface area (Å²) in [6.07, 6.45) is 74.0. The second-order valence-corrected chi connectivity index (χ2v) is 21.0. The minimum atomic E-state index is -0.775. The Bertz CT molecular complexity index is 1230. The molecular weight excluding hydrogens is 877 g/mol. The van der Waals surface area contributed by atoms with Gasteiger partial charge in [-0.3, -0.25) is 14.4 Å². The van der Waals surface area contributed by atoms with E-state index >= 15 is 0 Å². The molecule has 1 atom stereocenters. The van der Waals surface area contributed by atoms with E-state index in [0.717, 1.165) is 77.0 Å². The van der Waals surface area contributed by atoms with Crippen LogP contribution in [0.5, 0.6) is 0 Å². The average Bonchev–Trinajstić information content (AvgIpc) is 3.37. The number of ether oxygens (including phenoxy) is 3. The van der Waals surface area contributed by atoms with Crippen LogP contribution in [0.1, 0.15) is 329 Å². The van der Waals surface area contributed by atoms with Crippen molar-refractivity contribution in [1.29, 1.82) is 0 Å². The third-order valence-electron chi connectivity index (χ3n) is 13.8. The Morgan fingerprint density at radius 1 is 0.282 bits per heavy atom. The maximum absolute atomic E-state index is 12.9. The van der Waals surface area contributed by atoms with Gasteiger partial charge in [-0.25, -0.2) is 0 Å². The van der Waals surface area contributed by atoms with Gasteiger partial charge in [0.15, 0.2) is 6.10 Å². The second kappa shape index (κ2) is 59.9. The van der Waals surface area contributed by atoms with E-state index in [1.54, 1.807) is 0 Å². The van der Waals surface area contributed by atoms with E-state index in [2.05, 4.69) is 69.4 Å². The molecule has 0 amide bonds. The van der Waals surface area contributed by atoms with Gasteiger partial charge in [0.25, 0.3) is 0 Å². The molecule has 6 nitrogen and oxygen atoms in total. The molecule has 0 aromatic rings. The number of hydrogen-bond donors (Lipinski definition) is 0. The molecule has 0 aromatic carbocycles. The Kier molecular flexibility index (Phi) is 57.7. The van der Waals surface area contributed by atoms with E-state index in [-0.39, 0.29) is 31.1 Å². The zero-order chi connectivity index (χ0) is 51.4. The molecule has 0 aliphatic rings. The lowest BCUT2D eigenvalue weighted by atomic mass is 10.0. The molecule has 0 rings (SSSR count). The van der Waals surface area contributed by atoms with E-state index in [4.69, 9.17) is 14.2 Å². The summed E-state index contributed by atoms with van der Waals surface area (Å²) in [6.45, 7) is 6.63. The summed E-state index contributed by atoms with van der Waals surface area (Å²) in [5, 5.41) is 0. The highest BCUT2D eigenvalue weighted by Crippen LogP contribution is 2.17. The first kappa shape index (κ1) is 68.4. The number of unbranched alkanes of at least 4 members (excludes halogenated alkanes) is 38. The summed E-state index contributed by atoms with van der Waals surface area (Å²) in [7, 11) is 0. The van der Waals surface area contributed by atoms with Crippen molar-refractivity contribution in [3.63, 3.8) is 0 Å². The van der Waals surface area contributed by atoms with Gasteiger partial charge in [0, 0.05) is 19.3 Å². The minimum absolute atomic E-state index is 0.0731. The van der Waals surface area contributed by atoms with Crippen molar-refractivity contribution in [2.45, 2.75) is 335 Å². The predicted octanol–water partition coefficient (Wildman–Crippen LogP) is 21.0. The van der Waals surface area contributed by atoms with Gasteiger partial charge in [0.2, 0.25) is 0 Å². The highest BCUT2D eigenvalue weighted by molar-refractivity contribution is 5.71. The van der Waals surface area contributed by atoms with Crippen molar-refractivity contribution in [3.8, 4) is 0 Å². The van der Waals surface area contributed by atoms with Crippen LogP contribution in [-0.4, -0.2) is 37.2 Å². The molecular formula is C65H118O6. The van der Waals surface area contributed by atoms with E-state index in [0.29, 0.717) is 19.3 Å². The fraction of sp³-hybridized carbons (Fsp3) is 0.831. The number of rotatable bonds is 57. The molecule has 0 saturated heterocycles. The van der Waals surface area contributed by atoms with Crippen LogP contribution < -0.4 is 0 Å². The summed E-state index contributed by atoms with van der Waals surface area (Å²) in [5.41, 5.74) is 0. The van der Waals surface area contributed by atoms with Gasteiger partial charge in [0.1, 0.15) is 13.2 Å². The zero-order valence-corrected chi connectivity index (χ0v) is 47.5. The number of allylic oxidation sites excluding steroid dienone is 8. The number of hydrogen-bond acceptors (Lipinski definition) is 6. The summed E-state index contributed by atoms with van der Waals surface area (Å²) in [6, 6.07) is 0. The lowest BCUT2D eigenvalue weighted by Crippen LogP contribution is -2.30. The lowest BCUT2D eigenvalue weighted by Gasteiger charge is -2.18. The van der Waals surface area contributed by atoms with E-state index < -0.39 is 6.10 Å². The largest absolute Gasteiger partial charge is 0.462 e. The van der Waals surface area contributed by atoms with Gasteiger partial charge < -0.3 is 14.2 Å². The van der Waals surface area contributed by atoms with E-state index in [1.807, 2.05) is 0 Å². The molecule has 0 N–H and O–H groups in total. The van der Waals surface area contributed by atoms with Gasteiger partial charge in [0.05, 0.1) is 0 Å². The standard InChI is InChI=1S/C65H118O6/c1-4-7-10-13-16-19-22-24-26-28-30-31-32-33-34-35-36-38-39-41-43-46-49-52-55-58-64(67)70-61-62(60-69-63(66)57-54-51-48-45-21-18-15-12-9-6-3)71-65(68)59-56-53-50-47-44-42-40-37-29-27-25-23-20-17-14-11-8-5-2/h20,22-24,27-30,62H,4-19,21,25-26,31-61H2,1-3H3/b23-20-,24-22-,29-27-,30-28-. The lowest BCUT2D eigenvalue weighted by molar-refractivity contribution is -0.167. The molecule has 0 spiro atoms. The van der Waals surface area contributed by atoms with Gasteiger partial charge in [-0.15, -0.1) is 0 Å². The summed E-state index contributed by atoms with van der Waals surface area (Å²) < 4.78 is 16.9. The van der Waals surface area contributed by atoms with Crippen molar-refractivity contribution in [1.82, 2.24) is 0 Å². The Hall–Kier alpha value is -2.63. The van der Waals surface area contributed by atoms with Crippen molar-refractivity contribution in [2.24, 2.45) is 0 Å². The first-order chi connectivity index (χ1) is 35.0. The Labute approximate surface area is 441 Å². The Morgan fingerprint density at radius 3 is 0.789 bits per heavy atom. The molecule has 0 bridgehead atoms. The maximum atomic E-state index is 12.9. The Morgan fingerprint density at radius 2 is 0.507 bits per heavy atom. The van der Waals surface area contributed by atoms with E-state index in [9.17, 15) is 14.4 Å². The average molecular weight is 996 g/mol. The minimum Gasteiger partial charge on any atom is -0.462 e. The number of carbonyl (C=O) groups excluding carboxylic acids is 3. The third-order valence-corrected chi connectivity index (χ3v) is 13.8. The smallest absolute Gasteiger partial charge is 0.306 e. The van der Waals surface area contributed by atoms with Gasteiger partial charge in [-0.2, -0.15) is 0 Å². The molecule has 0 fully saturated rings. The summed E-state index contributed by atoms with van der Waals surface area (Å²) >= 11 is 0. The number of carbonyl (C=O) groups is 3. The molecule has 0 saturated carbocycles. The highest BCUT2D eigenvalue weighted by Gasteiger charge is 2.19. The first-order valence-electron chi connectivity index (χ1n) is 31.1. The summed E-state index contributed by atoms with van der Waals surface area (Å²) in [5.74, 6) is -0.866. The van der Waals surface area contributed by atoms with Crippen LogP contribution in [0.15, 0.2) is 48.6 Å². The molecule has 0 radical (unpaired) electrons. The highest BCUT2D eigenvalue weighted by atomic mass is 16.6. The SMILES string of the molecule is CCCCCC/C=C\C/C=C\CCCCCCCCCC(=O)OC(COC(=O)CCCCCCCCCCCC)COC(=O)CCCCCCCCCCCCCCC/C=C\C/C=C\CCCCCCC. The van der Waals surface area contributed by atoms with Crippen molar-refractivity contribution >= 4 is 17.9 Å². The Balaban J connectivity index is 4.22. The van der Waals surface area contributed by atoms with Crippen molar-refractivity contribution < 1.29 is 28.6 Å². The van der Waals surface area contributed by atoms with Crippen LogP contribution in [0, 0.1) is 0 Å². The number of esters is 3. The van der Waals surface area contributed by atoms with Crippen LogP contribution in [-0.2, 0) is 28.6 Å². The zero-order valence-electron chi connectivity index (χ0n) is 47.5. The maximum Gasteiger partial charge on any atom is 0.306 e. The van der Waals surface area contributed by atoms with Gasteiger partial charge in [-0.05, 0) is 83.5 Å². The molecule has 1 unspecified atom stereocenters.